The molecule has 0 aliphatic carbocycles. The summed E-state index contributed by atoms with van der Waals surface area (Å²) in [4.78, 5) is 0. The van der Waals surface area contributed by atoms with Crippen molar-refractivity contribution in [2.75, 3.05) is 6.54 Å². The molecule has 0 spiro atoms. The average molecular weight is 222 g/mol. The monoisotopic (exact) mass is 221 g/mol. The molecule has 4 heteroatoms. The lowest BCUT2D eigenvalue weighted by Crippen LogP contribution is -2.34. The number of nitrogens with one attached hydrogen (secondary N) is 1. The lowest BCUT2D eigenvalue weighted by molar-refractivity contribution is 0.382. The van der Waals surface area contributed by atoms with Crippen molar-refractivity contribution in [3.63, 3.8) is 0 Å². The van der Waals surface area contributed by atoms with Gasteiger partial charge in [-0.1, -0.05) is 17.7 Å². The summed E-state index contributed by atoms with van der Waals surface area (Å²) >= 11 is 5.55. The molecule has 0 unspecified atom stereocenters. The van der Waals surface area contributed by atoms with E-state index in [9.17, 15) is 4.39 Å². The zero-order valence-electron chi connectivity index (χ0n) is 6.89. The number of benzene rings is 1. The molecule has 1 fully saturated rings. The van der Waals surface area contributed by atoms with Gasteiger partial charge in [-0.2, -0.15) is 0 Å². The largest absolute Gasteiger partial charge is 0.310 e. The van der Waals surface area contributed by atoms with Crippen LogP contribution in [0.2, 0.25) is 5.02 Å². The molecule has 72 valence electrons. The topological polar surface area (TPSA) is 12.0 Å². The van der Waals surface area contributed by atoms with E-state index < -0.39 is 0 Å². The quantitative estimate of drug-likeness (QED) is 0.770. The first-order valence-corrected chi connectivity index (χ1v) is 4.33. The molecule has 0 saturated carbocycles. The van der Waals surface area contributed by atoms with E-state index in [1.807, 2.05) is 6.07 Å². The van der Waals surface area contributed by atoms with Crippen LogP contribution in [0.5, 0.6) is 0 Å². The molecule has 0 aromatic heterocycles. The van der Waals surface area contributed by atoms with Crippen molar-refractivity contribution >= 4 is 24.0 Å². The van der Waals surface area contributed by atoms with Crippen molar-refractivity contribution in [1.29, 1.82) is 0 Å². The van der Waals surface area contributed by atoms with Gasteiger partial charge in [-0.25, -0.2) is 4.39 Å². The molecule has 1 aromatic rings. The fraction of sp³-hybridized carbons (Fsp3) is 0.333. The van der Waals surface area contributed by atoms with Crippen LogP contribution in [0.15, 0.2) is 18.2 Å². The molecule has 0 radical (unpaired) electrons. The van der Waals surface area contributed by atoms with Crippen LogP contribution in [0.3, 0.4) is 0 Å². The van der Waals surface area contributed by atoms with Crippen molar-refractivity contribution in [2.45, 2.75) is 12.5 Å². The normalized spacial score (nSPS) is 20.3. The zero-order chi connectivity index (χ0) is 8.55. The third-order valence-electron chi connectivity index (χ3n) is 2.17. The Hall–Kier alpha value is -0.310. The van der Waals surface area contributed by atoms with Gasteiger partial charge >= 0.3 is 0 Å². The summed E-state index contributed by atoms with van der Waals surface area (Å²) in [5, 5.41) is 3.39. The molecular formula is C9H10Cl2FN. The highest BCUT2D eigenvalue weighted by atomic mass is 35.5. The summed E-state index contributed by atoms with van der Waals surface area (Å²) in [6, 6.07) is 5.30. The Morgan fingerprint density at radius 2 is 2.15 bits per heavy atom. The second kappa shape index (κ2) is 4.27. The number of halogens is 3. The molecule has 0 amide bonds. The van der Waals surface area contributed by atoms with Crippen LogP contribution in [-0.4, -0.2) is 6.54 Å². The number of hydrogen-bond donors (Lipinski definition) is 1. The second-order valence-corrected chi connectivity index (χ2v) is 3.38. The molecule has 1 heterocycles. The van der Waals surface area contributed by atoms with Gasteiger partial charge in [0.05, 0.1) is 5.02 Å². The number of rotatable bonds is 1. The number of hydrogen-bond acceptors (Lipinski definition) is 1. The maximum atomic E-state index is 12.9. The van der Waals surface area contributed by atoms with Gasteiger partial charge in [0, 0.05) is 6.04 Å². The van der Waals surface area contributed by atoms with Gasteiger partial charge in [0.2, 0.25) is 0 Å². The van der Waals surface area contributed by atoms with Crippen LogP contribution in [0.1, 0.15) is 18.0 Å². The summed E-state index contributed by atoms with van der Waals surface area (Å²) in [6.07, 6.45) is 1.08. The van der Waals surface area contributed by atoms with Crippen molar-refractivity contribution in [3.05, 3.63) is 34.6 Å². The van der Waals surface area contributed by atoms with Gasteiger partial charge in [-0.15, -0.1) is 12.4 Å². The third kappa shape index (κ3) is 2.13. The Morgan fingerprint density at radius 3 is 2.62 bits per heavy atom. The minimum absolute atomic E-state index is 0. The highest BCUT2D eigenvalue weighted by Crippen LogP contribution is 2.25. The smallest absolute Gasteiger partial charge is 0.142 e. The van der Waals surface area contributed by atoms with Gasteiger partial charge in [-0.3, -0.25) is 0 Å². The van der Waals surface area contributed by atoms with Crippen molar-refractivity contribution in [1.82, 2.24) is 5.32 Å². The van der Waals surface area contributed by atoms with E-state index in [2.05, 4.69) is 5.32 Å². The average Bonchev–Trinajstić information content (AvgIpc) is 1.93. The Morgan fingerprint density at radius 1 is 1.46 bits per heavy atom. The van der Waals surface area contributed by atoms with Gasteiger partial charge in [0.25, 0.3) is 0 Å². The maximum Gasteiger partial charge on any atom is 0.142 e. The fourth-order valence-electron chi connectivity index (χ4n) is 1.30. The zero-order valence-corrected chi connectivity index (χ0v) is 8.46. The Kier molecular flexibility index (Phi) is 3.54. The summed E-state index contributed by atoms with van der Waals surface area (Å²) in [5.74, 6) is -0.331. The molecule has 0 bridgehead atoms. The van der Waals surface area contributed by atoms with E-state index in [-0.39, 0.29) is 23.2 Å². The standard InChI is InChI=1S/C9H9ClFN.ClH/c10-7-2-1-6(5-8(7)11)9-3-4-12-9;/h1-2,5,9,12H,3-4H2;1H/t9-;/m0./s1. The Balaban J connectivity index is 0.000000845. The van der Waals surface area contributed by atoms with E-state index in [1.165, 1.54) is 6.07 Å². The van der Waals surface area contributed by atoms with Crippen molar-refractivity contribution in [3.8, 4) is 0 Å². The minimum Gasteiger partial charge on any atom is -0.310 e. The second-order valence-electron chi connectivity index (χ2n) is 2.97. The highest BCUT2D eigenvalue weighted by molar-refractivity contribution is 6.30. The molecular weight excluding hydrogens is 212 g/mol. The van der Waals surface area contributed by atoms with Crippen molar-refractivity contribution in [2.24, 2.45) is 0 Å². The van der Waals surface area contributed by atoms with Crippen LogP contribution in [0, 0.1) is 5.82 Å². The van der Waals surface area contributed by atoms with Crippen LogP contribution in [-0.2, 0) is 0 Å². The van der Waals surface area contributed by atoms with E-state index in [0.29, 0.717) is 6.04 Å². The van der Waals surface area contributed by atoms with Crippen molar-refractivity contribution < 1.29 is 4.39 Å². The SMILES string of the molecule is Cl.Fc1cc([C@@H]2CCN2)ccc1Cl. The highest BCUT2D eigenvalue weighted by Gasteiger charge is 2.18. The molecule has 1 atom stereocenters. The third-order valence-corrected chi connectivity index (χ3v) is 2.48. The van der Waals surface area contributed by atoms with E-state index in [4.69, 9.17) is 11.6 Å². The Labute approximate surface area is 87.7 Å². The molecule has 13 heavy (non-hydrogen) atoms. The fourth-order valence-corrected chi connectivity index (χ4v) is 1.42. The van der Waals surface area contributed by atoms with E-state index >= 15 is 0 Å². The summed E-state index contributed by atoms with van der Waals surface area (Å²) < 4.78 is 12.9. The first-order chi connectivity index (χ1) is 5.77. The summed E-state index contributed by atoms with van der Waals surface area (Å²) in [7, 11) is 0. The Bertz CT molecular complexity index is 300. The maximum absolute atomic E-state index is 12.9. The molecule has 1 N–H and O–H groups in total. The minimum atomic E-state index is -0.331. The molecule has 1 saturated heterocycles. The van der Waals surface area contributed by atoms with Gasteiger partial charge < -0.3 is 5.32 Å². The predicted octanol–water partition coefficient (Wildman–Crippen LogP) is 2.94. The first-order valence-electron chi connectivity index (χ1n) is 3.96. The molecule has 1 aromatic carbocycles. The lowest BCUT2D eigenvalue weighted by Gasteiger charge is -2.28. The van der Waals surface area contributed by atoms with E-state index in [1.54, 1.807) is 6.07 Å². The van der Waals surface area contributed by atoms with Crippen LogP contribution in [0.25, 0.3) is 0 Å². The van der Waals surface area contributed by atoms with Gasteiger partial charge in [0.15, 0.2) is 0 Å². The van der Waals surface area contributed by atoms with Gasteiger partial charge in [-0.05, 0) is 30.7 Å². The molecule has 1 nitrogen and oxygen atoms in total. The molecule has 2 rings (SSSR count). The van der Waals surface area contributed by atoms with E-state index in [0.717, 1.165) is 18.5 Å². The predicted molar refractivity (Wildman–Crippen MR) is 54.0 cm³/mol. The first kappa shape index (κ1) is 10.8. The molecule has 1 aliphatic heterocycles. The lowest BCUT2D eigenvalue weighted by atomic mass is 9.98. The molecule has 1 aliphatic rings. The van der Waals surface area contributed by atoms with Gasteiger partial charge in [0.1, 0.15) is 5.82 Å². The summed E-state index contributed by atoms with van der Waals surface area (Å²) in [5.41, 5.74) is 0.989. The summed E-state index contributed by atoms with van der Waals surface area (Å²) in [6.45, 7) is 1.02. The van der Waals surface area contributed by atoms with Crippen LogP contribution >= 0.6 is 24.0 Å². The van der Waals surface area contributed by atoms with Crippen LogP contribution in [0.4, 0.5) is 4.39 Å². The van der Waals surface area contributed by atoms with Crippen LogP contribution < -0.4 is 5.32 Å².